The van der Waals surface area contributed by atoms with Crippen LogP contribution in [0.5, 0.6) is 0 Å². The molecule has 2 N–H and O–H groups in total. The number of ether oxygens (including phenoxy) is 1. The lowest BCUT2D eigenvalue weighted by Gasteiger charge is -2.30. The Labute approximate surface area is 137 Å². The minimum absolute atomic E-state index is 0.227. The summed E-state index contributed by atoms with van der Waals surface area (Å²) in [5.41, 5.74) is 1.02. The first kappa shape index (κ1) is 18.1. The van der Waals surface area contributed by atoms with Gasteiger partial charge in [-0.3, -0.25) is 0 Å². The fourth-order valence-corrected chi connectivity index (χ4v) is 2.62. The number of alkyl halides is 3. The van der Waals surface area contributed by atoms with Gasteiger partial charge in [0.2, 0.25) is 0 Å². The van der Waals surface area contributed by atoms with Gasteiger partial charge in [-0.2, -0.15) is 18.4 Å². The van der Waals surface area contributed by atoms with Gasteiger partial charge in [0.05, 0.1) is 17.7 Å². The fourth-order valence-electron chi connectivity index (χ4n) is 2.62. The maximum absolute atomic E-state index is 12.2. The van der Waals surface area contributed by atoms with Crippen LogP contribution in [0, 0.1) is 11.3 Å². The molecule has 1 aliphatic rings. The molecule has 1 fully saturated rings. The standard InChI is InChI=1S/C16H18F3N3O2/c17-16(18,19)10-24-14-3-1-2-13(8-14)22-15(23)21-12-6-4-11(9-20)5-7-12/h4-7,13-14H,1-3,8,10H2,(H2,21,22,23). The summed E-state index contributed by atoms with van der Waals surface area (Å²) in [5.74, 6) is 0. The predicted octanol–water partition coefficient (Wildman–Crippen LogP) is 3.57. The van der Waals surface area contributed by atoms with Crippen LogP contribution in [-0.4, -0.2) is 31.0 Å². The molecule has 2 atom stereocenters. The van der Waals surface area contributed by atoms with E-state index in [0.29, 0.717) is 36.9 Å². The van der Waals surface area contributed by atoms with E-state index in [0.717, 1.165) is 0 Å². The molecule has 0 aliphatic heterocycles. The zero-order chi connectivity index (χ0) is 17.6. The Morgan fingerprint density at radius 3 is 2.62 bits per heavy atom. The molecule has 1 aliphatic carbocycles. The number of rotatable bonds is 4. The first-order chi connectivity index (χ1) is 11.4. The number of carbonyl (C=O) groups excluding carboxylic acids is 1. The summed E-state index contributed by atoms with van der Waals surface area (Å²) >= 11 is 0. The third-order valence-electron chi connectivity index (χ3n) is 3.72. The molecule has 2 rings (SSSR count). The third-order valence-corrected chi connectivity index (χ3v) is 3.72. The van der Waals surface area contributed by atoms with Crippen molar-refractivity contribution >= 4 is 11.7 Å². The molecular formula is C16H18F3N3O2. The zero-order valence-corrected chi connectivity index (χ0v) is 12.9. The molecule has 130 valence electrons. The van der Waals surface area contributed by atoms with Gasteiger partial charge >= 0.3 is 12.2 Å². The van der Waals surface area contributed by atoms with Gasteiger partial charge in [-0.05, 0) is 49.9 Å². The molecule has 1 saturated carbocycles. The number of amides is 2. The molecule has 5 nitrogen and oxygen atoms in total. The van der Waals surface area contributed by atoms with E-state index in [4.69, 9.17) is 10.00 Å². The summed E-state index contributed by atoms with van der Waals surface area (Å²) in [6.45, 7) is -1.26. The van der Waals surface area contributed by atoms with Gasteiger partial charge in [-0.25, -0.2) is 4.79 Å². The van der Waals surface area contributed by atoms with Gasteiger partial charge in [0.15, 0.2) is 0 Å². The monoisotopic (exact) mass is 341 g/mol. The summed E-state index contributed by atoms with van der Waals surface area (Å²) in [7, 11) is 0. The van der Waals surface area contributed by atoms with Crippen molar-refractivity contribution in [1.82, 2.24) is 5.32 Å². The van der Waals surface area contributed by atoms with Crippen molar-refractivity contribution in [3.8, 4) is 6.07 Å². The maximum atomic E-state index is 12.2. The number of nitriles is 1. The van der Waals surface area contributed by atoms with Crippen LogP contribution in [0.25, 0.3) is 0 Å². The average molecular weight is 341 g/mol. The molecule has 0 spiro atoms. The molecule has 8 heteroatoms. The van der Waals surface area contributed by atoms with Crippen LogP contribution < -0.4 is 10.6 Å². The van der Waals surface area contributed by atoms with Crippen LogP contribution in [0.4, 0.5) is 23.7 Å². The van der Waals surface area contributed by atoms with Crippen molar-refractivity contribution in [3.63, 3.8) is 0 Å². The Bertz CT molecular complexity index is 596. The van der Waals surface area contributed by atoms with Crippen molar-refractivity contribution < 1.29 is 22.7 Å². The summed E-state index contributed by atoms with van der Waals surface area (Å²) in [6.07, 6.45) is -2.52. The predicted molar refractivity (Wildman–Crippen MR) is 81.4 cm³/mol. The van der Waals surface area contributed by atoms with E-state index in [1.54, 1.807) is 24.3 Å². The normalized spacial score (nSPS) is 20.9. The Balaban J connectivity index is 1.79. The first-order valence-electron chi connectivity index (χ1n) is 7.62. The number of hydrogen-bond acceptors (Lipinski definition) is 3. The number of benzene rings is 1. The number of nitrogens with zero attached hydrogens (tertiary/aromatic N) is 1. The summed E-state index contributed by atoms with van der Waals surface area (Å²) in [4.78, 5) is 12.0. The Hall–Kier alpha value is -2.27. The van der Waals surface area contributed by atoms with Gasteiger partial charge in [0.25, 0.3) is 0 Å². The van der Waals surface area contributed by atoms with E-state index >= 15 is 0 Å². The Morgan fingerprint density at radius 2 is 2.00 bits per heavy atom. The lowest BCUT2D eigenvalue weighted by Crippen LogP contribution is -2.43. The van der Waals surface area contributed by atoms with Crippen LogP contribution in [-0.2, 0) is 4.74 Å². The average Bonchev–Trinajstić information content (AvgIpc) is 2.53. The molecule has 24 heavy (non-hydrogen) atoms. The van der Waals surface area contributed by atoms with E-state index in [-0.39, 0.29) is 6.04 Å². The highest BCUT2D eigenvalue weighted by Gasteiger charge is 2.31. The smallest absolute Gasteiger partial charge is 0.369 e. The second-order valence-electron chi connectivity index (χ2n) is 5.70. The topological polar surface area (TPSA) is 74.2 Å². The number of urea groups is 1. The first-order valence-corrected chi connectivity index (χ1v) is 7.62. The quantitative estimate of drug-likeness (QED) is 0.879. The molecule has 2 amide bonds. The van der Waals surface area contributed by atoms with E-state index in [9.17, 15) is 18.0 Å². The van der Waals surface area contributed by atoms with Crippen LogP contribution in [0.1, 0.15) is 31.2 Å². The van der Waals surface area contributed by atoms with Gasteiger partial charge in [0.1, 0.15) is 6.61 Å². The van der Waals surface area contributed by atoms with Crippen molar-refractivity contribution in [3.05, 3.63) is 29.8 Å². The minimum atomic E-state index is -4.34. The minimum Gasteiger partial charge on any atom is -0.369 e. The number of halogens is 3. The van der Waals surface area contributed by atoms with E-state index in [1.807, 2.05) is 6.07 Å². The number of nitrogens with one attached hydrogen (secondary N) is 2. The lowest BCUT2D eigenvalue weighted by atomic mass is 9.93. The molecular weight excluding hydrogens is 323 g/mol. The van der Waals surface area contributed by atoms with Gasteiger partial charge in [-0.1, -0.05) is 0 Å². The molecule has 0 heterocycles. The van der Waals surface area contributed by atoms with Gasteiger partial charge < -0.3 is 15.4 Å². The number of anilines is 1. The third kappa shape index (κ3) is 6.08. The highest BCUT2D eigenvalue weighted by atomic mass is 19.4. The Morgan fingerprint density at radius 1 is 1.29 bits per heavy atom. The van der Waals surface area contributed by atoms with Crippen molar-refractivity contribution in [2.45, 2.75) is 44.0 Å². The van der Waals surface area contributed by atoms with Crippen LogP contribution >= 0.6 is 0 Å². The second kappa shape index (κ2) is 8.02. The highest BCUT2D eigenvalue weighted by molar-refractivity contribution is 5.89. The second-order valence-corrected chi connectivity index (χ2v) is 5.70. The SMILES string of the molecule is N#Cc1ccc(NC(=O)NC2CCCC(OCC(F)(F)F)C2)cc1. The van der Waals surface area contributed by atoms with Crippen molar-refractivity contribution in [2.75, 3.05) is 11.9 Å². The van der Waals surface area contributed by atoms with Crippen LogP contribution in [0.2, 0.25) is 0 Å². The fraction of sp³-hybridized carbons (Fsp3) is 0.500. The van der Waals surface area contributed by atoms with Crippen LogP contribution in [0.15, 0.2) is 24.3 Å². The van der Waals surface area contributed by atoms with Crippen LogP contribution in [0.3, 0.4) is 0 Å². The summed E-state index contributed by atoms with van der Waals surface area (Å²) in [5, 5.41) is 14.1. The molecule has 1 aromatic rings. The van der Waals surface area contributed by atoms with E-state index in [1.165, 1.54) is 0 Å². The molecule has 0 bridgehead atoms. The molecule has 2 unspecified atom stereocenters. The molecule has 0 saturated heterocycles. The molecule has 1 aromatic carbocycles. The van der Waals surface area contributed by atoms with Crippen molar-refractivity contribution in [1.29, 1.82) is 5.26 Å². The largest absolute Gasteiger partial charge is 0.411 e. The van der Waals surface area contributed by atoms with Crippen molar-refractivity contribution in [2.24, 2.45) is 0 Å². The number of hydrogen-bond donors (Lipinski definition) is 2. The van der Waals surface area contributed by atoms with E-state index in [2.05, 4.69) is 10.6 Å². The van der Waals surface area contributed by atoms with Gasteiger partial charge in [-0.15, -0.1) is 0 Å². The summed E-state index contributed by atoms with van der Waals surface area (Å²) in [6, 6.07) is 7.69. The zero-order valence-electron chi connectivity index (χ0n) is 12.9. The maximum Gasteiger partial charge on any atom is 0.411 e. The van der Waals surface area contributed by atoms with E-state index < -0.39 is 24.9 Å². The number of carbonyl (C=O) groups is 1. The molecule has 0 radical (unpaired) electrons. The van der Waals surface area contributed by atoms with Gasteiger partial charge in [0, 0.05) is 11.7 Å². The highest BCUT2D eigenvalue weighted by Crippen LogP contribution is 2.24. The lowest BCUT2D eigenvalue weighted by molar-refractivity contribution is -0.188. The Kier molecular flexibility index (Phi) is 6.04. The summed E-state index contributed by atoms with van der Waals surface area (Å²) < 4.78 is 41.4. The molecule has 0 aromatic heterocycles.